The lowest BCUT2D eigenvalue weighted by Gasteiger charge is -2.15. The van der Waals surface area contributed by atoms with Crippen LogP contribution in [-0.4, -0.2) is 18.1 Å². The number of aryl methyl sites for hydroxylation is 1. The molecule has 0 radical (unpaired) electrons. The van der Waals surface area contributed by atoms with Gasteiger partial charge in [0.1, 0.15) is 0 Å². The van der Waals surface area contributed by atoms with Crippen molar-refractivity contribution < 1.29 is 0 Å². The number of nitrogens with one attached hydrogen (secondary N) is 1. The summed E-state index contributed by atoms with van der Waals surface area (Å²) < 4.78 is 0. The summed E-state index contributed by atoms with van der Waals surface area (Å²) >= 11 is 1.78. The average molecular weight is 226 g/mol. The zero-order chi connectivity index (χ0) is 11.3. The normalized spacial score (nSPS) is 13.4. The van der Waals surface area contributed by atoms with Gasteiger partial charge in [0.25, 0.3) is 0 Å². The predicted molar refractivity (Wildman–Crippen MR) is 67.5 cm³/mol. The molecule has 86 valence electrons. The zero-order valence-electron chi connectivity index (χ0n) is 10.2. The second-order valence-electron chi connectivity index (χ2n) is 4.54. The Kier molecular flexibility index (Phi) is 5.26. The Morgan fingerprint density at radius 2 is 2.13 bits per heavy atom. The first kappa shape index (κ1) is 12.7. The van der Waals surface area contributed by atoms with Crippen molar-refractivity contribution in [2.24, 2.45) is 5.92 Å². The van der Waals surface area contributed by atoms with Crippen LogP contribution in [0.15, 0.2) is 5.38 Å². The highest BCUT2D eigenvalue weighted by atomic mass is 32.1. The van der Waals surface area contributed by atoms with Gasteiger partial charge >= 0.3 is 0 Å². The molecule has 0 aliphatic heterocycles. The maximum atomic E-state index is 4.50. The number of nitrogens with zero attached hydrogens (tertiary/aromatic N) is 1. The molecule has 1 unspecified atom stereocenters. The Labute approximate surface area is 97.1 Å². The van der Waals surface area contributed by atoms with Gasteiger partial charge in [-0.05, 0) is 32.7 Å². The summed E-state index contributed by atoms with van der Waals surface area (Å²) in [7, 11) is 2.05. The van der Waals surface area contributed by atoms with Gasteiger partial charge < -0.3 is 5.32 Å². The molecule has 0 bridgehead atoms. The van der Waals surface area contributed by atoms with Gasteiger partial charge in [0.15, 0.2) is 0 Å². The van der Waals surface area contributed by atoms with Gasteiger partial charge in [-0.1, -0.05) is 13.8 Å². The predicted octanol–water partition coefficient (Wildman–Crippen LogP) is 3.02. The molecule has 3 heteroatoms. The fourth-order valence-electron chi connectivity index (χ4n) is 1.59. The van der Waals surface area contributed by atoms with E-state index in [1.807, 2.05) is 7.05 Å². The minimum absolute atomic E-state index is 0.581. The maximum Gasteiger partial charge on any atom is 0.0943 e. The van der Waals surface area contributed by atoms with Crippen molar-refractivity contribution >= 4 is 11.3 Å². The molecule has 0 saturated carbocycles. The number of hydrogen-bond acceptors (Lipinski definition) is 3. The van der Waals surface area contributed by atoms with Crippen LogP contribution in [0.4, 0.5) is 0 Å². The molecule has 2 nitrogen and oxygen atoms in total. The van der Waals surface area contributed by atoms with Crippen LogP contribution in [0.1, 0.15) is 37.4 Å². The first-order chi connectivity index (χ1) is 7.11. The molecule has 0 amide bonds. The van der Waals surface area contributed by atoms with Crippen LogP contribution in [0.25, 0.3) is 0 Å². The Morgan fingerprint density at radius 3 is 2.60 bits per heavy atom. The van der Waals surface area contributed by atoms with E-state index < -0.39 is 0 Å². The van der Waals surface area contributed by atoms with E-state index in [1.54, 1.807) is 11.3 Å². The van der Waals surface area contributed by atoms with Crippen molar-refractivity contribution in [2.45, 2.75) is 46.1 Å². The fourth-order valence-corrected chi connectivity index (χ4v) is 2.44. The monoisotopic (exact) mass is 226 g/mol. The van der Waals surface area contributed by atoms with E-state index in [1.165, 1.54) is 17.8 Å². The lowest BCUT2D eigenvalue weighted by atomic mass is 10.0. The Balaban J connectivity index is 2.39. The van der Waals surface area contributed by atoms with Crippen LogP contribution in [-0.2, 0) is 6.42 Å². The standard InChI is InChI=1S/C12H22N2S/c1-9(2)5-6-11(13-4)7-12-14-10(3)8-15-12/h8-9,11,13H,5-7H2,1-4H3. The summed E-state index contributed by atoms with van der Waals surface area (Å²) in [5.74, 6) is 0.791. The average Bonchev–Trinajstić information content (AvgIpc) is 2.58. The fraction of sp³-hybridized carbons (Fsp3) is 0.750. The topological polar surface area (TPSA) is 24.9 Å². The molecule has 1 atom stereocenters. The van der Waals surface area contributed by atoms with Crippen molar-refractivity contribution in [3.05, 3.63) is 16.1 Å². The summed E-state index contributed by atoms with van der Waals surface area (Å²) in [5, 5.41) is 6.77. The summed E-state index contributed by atoms with van der Waals surface area (Å²) in [6, 6.07) is 0.581. The summed E-state index contributed by atoms with van der Waals surface area (Å²) in [4.78, 5) is 4.50. The first-order valence-corrected chi connectivity index (χ1v) is 6.58. The van der Waals surface area contributed by atoms with Crippen LogP contribution in [0.5, 0.6) is 0 Å². The molecule has 0 fully saturated rings. The molecular weight excluding hydrogens is 204 g/mol. The molecule has 1 aromatic rings. The van der Waals surface area contributed by atoms with Crippen LogP contribution in [0, 0.1) is 12.8 Å². The molecule has 15 heavy (non-hydrogen) atoms. The second kappa shape index (κ2) is 6.23. The number of hydrogen-bond donors (Lipinski definition) is 1. The Hall–Kier alpha value is -0.410. The van der Waals surface area contributed by atoms with Crippen molar-refractivity contribution in [1.82, 2.24) is 10.3 Å². The highest BCUT2D eigenvalue weighted by molar-refractivity contribution is 7.09. The molecule has 0 spiro atoms. The third-order valence-corrected chi connectivity index (χ3v) is 3.58. The molecule has 0 aliphatic carbocycles. The van der Waals surface area contributed by atoms with Gasteiger partial charge in [0, 0.05) is 23.5 Å². The van der Waals surface area contributed by atoms with Crippen LogP contribution in [0.2, 0.25) is 0 Å². The van der Waals surface area contributed by atoms with Crippen LogP contribution < -0.4 is 5.32 Å². The van der Waals surface area contributed by atoms with E-state index >= 15 is 0 Å². The van der Waals surface area contributed by atoms with Gasteiger partial charge in [-0.2, -0.15) is 0 Å². The molecule has 1 N–H and O–H groups in total. The third-order valence-electron chi connectivity index (χ3n) is 2.59. The second-order valence-corrected chi connectivity index (χ2v) is 5.49. The van der Waals surface area contributed by atoms with E-state index in [9.17, 15) is 0 Å². The molecule has 0 aliphatic rings. The molecule has 1 rings (SSSR count). The smallest absolute Gasteiger partial charge is 0.0943 e. The van der Waals surface area contributed by atoms with E-state index in [0.717, 1.165) is 18.0 Å². The summed E-state index contributed by atoms with van der Waals surface area (Å²) in [5.41, 5.74) is 1.15. The van der Waals surface area contributed by atoms with E-state index in [-0.39, 0.29) is 0 Å². The number of aromatic nitrogens is 1. The van der Waals surface area contributed by atoms with E-state index in [2.05, 4.69) is 36.5 Å². The minimum atomic E-state index is 0.581. The minimum Gasteiger partial charge on any atom is -0.317 e. The van der Waals surface area contributed by atoms with E-state index in [0.29, 0.717) is 6.04 Å². The molecule has 0 saturated heterocycles. The quantitative estimate of drug-likeness (QED) is 0.806. The maximum absolute atomic E-state index is 4.50. The highest BCUT2D eigenvalue weighted by Gasteiger charge is 2.10. The number of thiazole rings is 1. The third kappa shape index (κ3) is 4.76. The van der Waals surface area contributed by atoms with Crippen molar-refractivity contribution in [2.75, 3.05) is 7.05 Å². The SMILES string of the molecule is CNC(CCC(C)C)Cc1nc(C)cs1. The highest BCUT2D eigenvalue weighted by Crippen LogP contribution is 2.14. The summed E-state index contributed by atoms with van der Waals surface area (Å²) in [6.07, 6.45) is 3.60. The van der Waals surface area contributed by atoms with Gasteiger partial charge in [-0.15, -0.1) is 11.3 Å². The van der Waals surface area contributed by atoms with Crippen molar-refractivity contribution in [1.29, 1.82) is 0 Å². The van der Waals surface area contributed by atoms with Crippen molar-refractivity contribution in [3.63, 3.8) is 0 Å². The first-order valence-electron chi connectivity index (χ1n) is 5.70. The Bertz CT molecular complexity index is 281. The molecule has 1 aromatic heterocycles. The largest absolute Gasteiger partial charge is 0.317 e. The lowest BCUT2D eigenvalue weighted by molar-refractivity contribution is 0.450. The number of rotatable bonds is 6. The summed E-state index contributed by atoms with van der Waals surface area (Å²) in [6.45, 7) is 6.61. The van der Waals surface area contributed by atoms with Gasteiger partial charge in [0.2, 0.25) is 0 Å². The van der Waals surface area contributed by atoms with Gasteiger partial charge in [-0.25, -0.2) is 4.98 Å². The van der Waals surface area contributed by atoms with Gasteiger partial charge in [-0.3, -0.25) is 0 Å². The van der Waals surface area contributed by atoms with Gasteiger partial charge in [0.05, 0.1) is 5.01 Å². The lowest BCUT2D eigenvalue weighted by Crippen LogP contribution is -2.27. The molecule has 1 heterocycles. The van der Waals surface area contributed by atoms with Crippen LogP contribution in [0.3, 0.4) is 0 Å². The molecular formula is C12H22N2S. The molecule has 0 aromatic carbocycles. The number of likely N-dealkylation sites (N-methyl/N-ethyl adjacent to an activating group) is 1. The van der Waals surface area contributed by atoms with E-state index in [4.69, 9.17) is 0 Å². The van der Waals surface area contributed by atoms with Crippen molar-refractivity contribution in [3.8, 4) is 0 Å². The zero-order valence-corrected chi connectivity index (χ0v) is 11.0. The van der Waals surface area contributed by atoms with Crippen LogP contribution >= 0.6 is 11.3 Å². The Morgan fingerprint density at radius 1 is 1.40 bits per heavy atom.